The zero-order valence-corrected chi connectivity index (χ0v) is 16.3. The summed E-state index contributed by atoms with van der Waals surface area (Å²) in [7, 11) is 5.38. The van der Waals surface area contributed by atoms with Gasteiger partial charge in [0.05, 0.1) is 19.4 Å². The average Bonchev–Trinajstić information content (AvgIpc) is 2.90. The van der Waals surface area contributed by atoms with E-state index in [-0.39, 0.29) is 0 Å². The van der Waals surface area contributed by atoms with Crippen LogP contribution >= 0.6 is 0 Å². The van der Waals surface area contributed by atoms with Crippen molar-refractivity contribution in [3.05, 3.63) is 41.2 Å². The molecule has 0 unspecified atom stereocenters. The Labute approximate surface area is 155 Å². The molecule has 0 radical (unpaired) electrons. The monoisotopic (exact) mass is 359 g/mol. The van der Waals surface area contributed by atoms with Crippen LogP contribution in [0.3, 0.4) is 0 Å². The summed E-state index contributed by atoms with van der Waals surface area (Å²) in [4.78, 5) is 4.26. The van der Waals surface area contributed by atoms with Crippen molar-refractivity contribution in [1.82, 2.24) is 20.4 Å². The molecule has 1 heterocycles. The molecule has 0 saturated carbocycles. The van der Waals surface area contributed by atoms with Gasteiger partial charge in [-0.05, 0) is 44.5 Å². The Morgan fingerprint density at radius 3 is 2.42 bits per heavy atom. The molecule has 142 valence electrons. The van der Waals surface area contributed by atoms with Crippen molar-refractivity contribution in [2.24, 2.45) is 12.0 Å². The molecule has 0 spiro atoms. The number of guanidine groups is 1. The summed E-state index contributed by atoms with van der Waals surface area (Å²) in [5.74, 6) is 2.45. The summed E-state index contributed by atoms with van der Waals surface area (Å²) < 4.78 is 12.8. The molecule has 0 saturated heterocycles. The quantitative estimate of drug-likeness (QED) is 0.429. The maximum Gasteiger partial charge on any atom is 0.191 e. The molecule has 26 heavy (non-hydrogen) atoms. The van der Waals surface area contributed by atoms with E-state index < -0.39 is 0 Å². The predicted molar refractivity (Wildman–Crippen MR) is 104 cm³/mol. The van der Waals surface area contributed by atoms with Gasteiger partial charge in [-0.1, -0.05) is 0 Å². The third-order valence-corrected chi connectivity index (χ3v) is 4.26. The molecule has 2 rings (SSSR count). The molecule has 0 aliphatic heterocycles. The molecule has 2 N–H and O–H groups in total. The maximum atomic E-state index is 5.72. The molecule has 2 aromatic rings. The van der Waals surface area contributed by atoms with Crippen molar-refractivity contribution < 1.29 is 9.47 Å². The molecule has 0 bridgehead atoms. The van der Waals surface area contributed by atoms with E-state index in [1.165, 1.54) is 11.3 Å². The second-order valence-electron chi connectivity index (χ2n) is 6.00. The highest BCUT2D eigenvalue weighted by atomic mass is 16.5. The normalized spacial score (nSPS) is 11.3. The molecular weight excluding hydrogens is 330 g/mol. The van der Waals surface area contributed by atoms with Crippen LogP contribution in [0.15, 0.2) is 29.3 Å². The van der Waals surface area contributed by atoms with Crippen molar-refractivity contribution in [3.8, 4) is 11.5 Å². The van der Waals surface area contributed by atoms with E-state index in [1.807, 2.05) is 42.9 Å². The summed E-state index contributed by atoms with van der Waals surface area (Å²) in [6.45, 7) is 6.21. The maximum absolute atomic E-state index is 5.72. The molecule has 0 amide bonds. The lowest BCUT2D eigenvalue weighted by Gasteiger charge is -2.12. The Kier molecular flexibility index (Phi) is 7.32. The van der Waals surface area contributed by atoms with Crippen LogP contribution in [0.4, 0.5) is 0 Å². The SMILES string of the molecule is CN=C(NCCCOc1ccc(OC)cc1)NCc1c(C)nn(C)c1C. The Bertz CT molecular complexity index is 722. The number of aromatic nitrogens is 2. The zero-order chi connectivity index (χ0) is 18.9. The van der Waals surface area contributed by atoms with E-state index in [1.54, 1.807) is 14.2 Å². The minimum atomic E-state index is 0.636. The molecule has 7 nitrogen and oxygen atoms in total. The number of benzene rings is 1. The van der Waals surface area contributed by atoms with Gasteiger partial charge >= 0.3 is 0 Å². The molecule has 0 aliphatic carbocycles. The number of ether oxygens (including phenoxy) is 2. The lowest BCUT2D eigenvalue weighted by atomic mass is 10.2. The molecule has 0 aliphatic rings. The van der Waals surface area contributed by atoms with Gasteiger partial charge in [0.1, 0.15) is 11.5 Å². The molecular formula is C19H29N5O2. The van der Waals surface area contributed by atoms with Gasteiger partial charge in [-0.15, -0.1) is 0 Å². The van der Waals surface area contributed by atoms with Crippen LogP contribution in [0.2, 0.25) is 0 Å². The van der Waals surface area contributed by atoms with E-state index in [9.17, 15) is 0 Å². The summed E-state index contributed by atoms with van der Waals surface area (Å²) in [6, 6.07) is 7.60. The first-order chi connectivity index (χ1) is 12.5. The van der Waals surface area contributed by atoms with Gasteiger partial charge in [0.25, 0.3) is 0 Å². The summed E-state index contributed by atoms with van der Waals surface area (Å²) in [5, 5.41) is 11.1. The third kappa shape index (κ3) is 5.40. The van der Waals surface area contributed by atoms with Gasteiger partial charge in [-0.2, -0.15) is 5.10 Å². The van der Waals surface area contributed by atoms with E-state index in [0.717, 1.165) is 36.1 Å². The number of aliphatic imine (C=N–C) groups is 1. The molecule has 0 fully saturated rings. The first-order valence-corrected chi connectivity index (χ1v) is 8.75. The number of rotatable bonds is 8. The van der Waals surface area contributed by atoms with E-state index >= 15 is 0 Å². The first kappa shape index (κ1) is 19.6. The minimum Gasteiger partial charge on any atom is -0.497 e. The van der Waals surface area contributed by atoms with Crippen LogP contribution in [-0.2, 0) is 13.6 Å². The highest BCUT2D eigenvalue weighted by Crippen LogP contribution is 2.17. The second-order valence-corrected chi connectivity index (χ2v) is 6.00. The number of hydrogen-bond donors (Lipinski definition) is 2. The number of nitrogens with zero attached hydrogens (tertiary/aromatic N) is 3. The van der Waals surface area contributed by atoms with Gasteiger partial charge in [-0.25, -0.2) is 0 Å². The van der Waals surface area contributed by atoms with Gasteiger partial charge < -0.3 is 20.1 Å². The van der Waals surface area contributed by atoms with Crippen molar-refractivity contribution in [2.75, 3.05) is 27.3 Å². The van der Waals surface area contributed by atoms with Crippen molar-refractivity contribution >= 4 is 5.96 Å². The predicted octanol–water partition coefficient (Wildman–Crippen LogP) is 2.18. The van der Waals surface area contributed by atoms with Crippen LogP contribution < -0.4 is 20.1 Å². The molecule has 1 aromatic carbocycles. The first-order valence-electron chi connectivity index (χ1n) is 8.75. The van der Waals surface area contributed by atoms with E-state index in [4.69, 9.17) is 9.47 Å². The van der Waals surface area contributed by atoms with Crippen LogP contribution in [0.5, 0.6) is 11.5 Å². The van der Waals surface area contributed by atoms with Crippen LogP contribution in [0.1, 0.15) is 23.4 Å². The van der Waals surface area contributed by atoms with Crippen molar-refractivity contribution in [2.45, 2.75) is 26.8 Å². The topological polar surface area (TPSA) is 72.7 Å². The smallest absolute Gasteiger partial charge is 0.191 e. The fourth-order valence-electron chi connectivity index (χ4n) is 2.61. The fourth-order valence-corrected chi connectivity index (χ4v) is 2.61. The lowest BCUT2D eigenvalue weighted by molar-refractivity contribution is 0.310. The largest absolute Gasteiger partial charge is 0.497 e. The Morgan fingerprint density at radius 1 is 1.15 bits per heavy atom. The molecule has 7 heteroatoms. The van der Waals surface area contributed by atoms with Gasteiger partial charge in [-0.3, -0.25) is 9.67 Å². The van der Waals surface area contributed by atoms with Gasteiger partial charge in [0, 0.05) is 38.4 Å². The summed E-state index contributed by atoms with van der Waals surface area (Å²) >= 11 is 0. The Hall–Kier alpha value is -2.70. The number of hydrogen-bond acceptors (Lipinski definition) is 4. The molecule has 0 atom stereocenters. The fraction of sp³-hybridized carbons (Fsp3) is 0.474. The Balaban J connectivity index is 1.68. The summed E-state index contributed by atoms with van der Waals surface area (Å²) in [5.41, 5.74) is 3.41. The molecule has 1 aromatic heterocycles. The second kappa shape index (κ2) is 9.70. The lowest BCUT2D eigenvalue weighted by Crippen LogP contribution is -2.37. The number of nitrogens with one attached hydrogen (secondary N) is 2. The number of aryl methyl sites for hydroxylation is 2. The van der Waals surface area contributed by atoms with Crippen molar-refractivity contribution in [1.29, 1.82) is 0 Å². The highest BCUT2D eigenvalue weighted by molar-refractivity contribution is 5.79. The highest BCUT2D eigenvalue weighted by Gasteiger charge is 2.09. The van der Waals surface area contributed by atoms with Gasteiger partial charge in [0.2, 0.25) is 0 Å². The third-order valence-electron chi connectivity index (χ3n) is 4.26. The minimum absolute atomic E-state index is 0.636. The zero-order valence-electron chi connectivity index (χ0n) is 16.3. The summed E-state index contributed by atoms with van der Waals surface area (Å²) in [6.07, 6.45) is 0.873. The standard InChI is InChI=1S/C19H29N5O2/c1-14-18(15(2)24(4)23-14)13-22-19(20-3)21-11-6-12-26-17-9-7-16(25-5)8-10-17/h7-10H,6,11-13H2,1-5H3,(H2,20,21,22). The van der Waals surface area contributed by atoms with Crippen LogP contribution in [0, 0.1) is 13.8 Å². The van der Waals surface area contributed by atoms with Crippen LogP contribution in [0.25, 0.3) is 0 Å². The van der Waals surface area contributed by atoms with Gasteiger partial charge in [0.15, 0.2) is 5.96 Å². The van der Waals surface area contributed by atoms with Crippen molar-refractivity contribution in [3.63, 3.8) is 0 Å². The van der Waals surface area contributed by atoms with Crippen LogP contribution in [-0.4, -0.2) is 43.0 Å². The Morgan fingerprint density at radius 2 is 1.85 bits per heavy atom. The average molecular weight is 359 g/mol. The number of methoxy groups -OCH3 is 1. The van der Waals surface area contributed by atoms with E-state index in [0.29, 0.717) is 13.2 Å². The van der Waals surface area contributed by atoms with E-state index in [2.05, 4.69) is 27.6 Å².